The third-order valence-electron chi connectivity index (χ3n) is 3.86. The molecule has 3 rings (SSSR count). The van der Waals surface area contributed by atoms with Gasteiger partial charge in [-0.15, -0.1) is 11.3 Å². The summed E-state index contributed by atoms with van der Waals surface area (Å²) in [6.45, 7) is 2.99. The number of nitrogens with zero attached hydrogens (tertiary/aromatic N) is 2. The van der Waals surface area contributed by atoms with Crippen molar-refractivity contribution in [1.82, 2.24) is 15.1 Å². The lowest BCUT2D eigenvalue weighted by Gasteiger charge is -2.34. The van der Waals surface area contributed by atoms with Crippen molar-refractivity contribution < 1.29 is 9.59 Å². The van der Waals surface area contributed by atoms with Gasteiger partial charge in [0.1, 0.15) is 4.34 Å². The summed E-state index contributed by atoms with van der Waals surface area (Å²) in [4.78, 5) is 28.0. The second kappa shape index (κ2) is 6.74. The topological polar surface area (TPSA) is 52.7 Å². The fourth-order valence-corrected chi connectivity index (χ4v) is 3.92. The highest BCUT2D eigenvalue weighted by Gasteiger charge is 2.27. The van der Waals surface area contributed by atoms with E-state index in [2.05, 4.69) is 10.2 Å². The van der Waals surface area contributed by atoms with E-state index in [0.29, 0.717) is 53.0 Å². The van der Waals surface area contributed by atoms with E-state index in [1.54, 1.807) is 11.0 Å². The third kappa shape index (κ3) is 3.93. The average molecular weight is 362 g/mol. The molecule has 1 saturated carbocycles. The fourth-order valence-electron chi connectivity index (χ4n) is 2.47. The standard InChI is InChI=1S/C14H17Cl2N3O2S/c15-11-7-10(13(16)22-11)14(21)19-5-3-18(4-6-19)8-12(20)17-9-1-2-9/h7,9H,1-6,8H2,(H,17,20). The van der Waals surface area contributed by atoms with Crippen molar-refractivity contribution in [3.8, 4) is 0 Å². The first-order valence-corrected chi connectivity index (χ1v) is 8.86. The highest BCUT2D eigenvalue weighted by molar-refractivity contribution is 7.20. The summed E-state index contributed by atoms with van der Waals surface area (Å²) in [5.74, 6) is -0.00910. The van der Waals surface area contributed by atoms with Gasteiger partial charge >= 0.3 is 0 Å². The summed E-state index contributed by atoms with van der Waals surface area (Å²) >= 11 is 13.1. The van der Waals surface area contributed by atoms with Crippen LogP contribution in [0.1, 0.15) is 23.2 Å². The van der Waals surface area contributed by atoms with Crippen LogP contribution in [-0.2, 0) is 4.79 Å². The quantitative estimate of drug-likeness (QED) is 0.893. The zero-order valence-corrected chi connectivity index (χ0v) is 14.3. The molecule has 2 amide bonds. The van der Waals surface area contributed by atoms with E-state index in [0.717, 1.165) is 12.8 Å². The van der Waals surface area contributed by atoms with Gasteiger partial charge in [0.15, 0.2) is 0 Å². The number of piperazine rings is 1. The van der Waals surface area contributed by atoms with Crippen molar-refractivity contribution in [3.63, 3.8) is 0 Å². The molecule has 1 aliphatic carbocycles. The van der Waals surface area contributed by atoms with Gasteiger partial charge in [-0.1, -0.05) is 23.2 Å². The molecule has 2 aliphatic rings. The van der Waals surface area contributed by atoms with Gasteiger partial charge < -0.3 is 10.2 Å². The first-order valence-electron chi connectivity index (χ1n) is 7.29. The Balaban J connectivity index is 1.49. The number of thiophene rings is 1. The minimum Gasteiger partial charge on any atom is -0.352 e. The molecular weight excluding hydrogens is 345 g/mol. The molecule has 0 aromatic carbocycles. The molecule has 22 heavy (non-hydrogen) atoms. The zero-order chi connectivity index (χ0) is 15.7. The van der Waals surface area contributed by atoms with Gasteiger partial charge in [-0.2, -0.15) is 0 Å². The van der Waals surface area contributed by atoms with Crippen molar-refractivity contribution >= 4 is 46.4 Å². The molecule has 0 bridgehead atoms. The van der Waals surface area contributed by atoms with Gasteiger partial charge in [-0.3, -0.25) is 14.5 Å². The van der Waals surface area contributed by atoms with Crippen LogP contribution in [0.15, 0.2) is 6.07 Å². The van der Waals surface area contributed by atoms with E-state index < -0.39 is 0 Å². The normalized spacial score (nSPS) is 19.3. The van der Waals surface area contributed by atoms with Crippen LogP contribution in [-0.4, -0.2) is 60.4 Å². The highest BCUT2D eigenvalue weighted by atomic mass is 35.5. The number of nitrogens with one attached hydrogen (secondary N) is 1. The summed E-state index contributed by atoms with van der Waals surface area (Å²) in [6.07, 6.45) is 2.19. The van der Waals surface area contributed by atoms with Crippen LogP contribution in [0.2, 0.25) is 8.67 Å². The molecule has 0 unspecified atom stereocenters. The van der Waals surface area contributed by atoms with Crippen LogP contribution in [0.3, 0.4) is 0 Å². The molecule has 5 nitrogen and oxygen atoms in total. The lowest BCUT2D eigenvalue weighted by Crippen LogP contribution is -2.51. The van der Waals surface area contributed by atoms with E-state index in [4.69, 9.17) is 23.2 Å². The molecule has 1 N–H and O–H groups in total. The molecule has 8 heteroatoms. The van der Waals surface area contributed by atoms with E-state index in [1.807, 2.05) is 0 Å². The number of hydrogen-bond donors (Lipinski definition) is 1. The lowest BCUT2D eigenvalue weighted by molar-refractivity contribution is -0.122. The molecule has 0 spiro atoms. The molecule has 1 aromatic heterocycles. The maximum Gasteiger partial charge on any atom is 0.256 e. The van der Waals surface area contributed by atoms with E-state index in [1.165, 1.54) is 11.3 Å². The second-order valence-electron chi connectivity index (χ2n) is 5.65. The Morgan fingerprint density at radius 1 is 1.23 bits per heavy atom. The molecule has 1 aromatic rings. The fraction of sp³-hybridized carbons (Fsp3) is 0.571. The Morgan fingerprint density at radius 3 is 2.45 bits per heavy atom. The summed E-state index contributed by atoms with van der Waals surface area (Å²) in [7, 11) is 0. The van der Waals surface area contributed by atoms with Crippen LogP contribution in [0, 0.1) is 0 Å². The summed E-state index contributed by atoms with van der Waals surface area (Å²) in [5, 5.41) is 2.98. The Bertz CT molecular complexity index is 581. The molecule has 1 aliphatic heterocycles. The summed E-state index contributed by atoms with van der Waals surface area (Å²) < 4.78 is 0.949. The lowest BCUT2D eigenvalue weighted by atomic mass is 10.2. The van der Waals surface area contributed by atoms with E-state index in [-0.39, 0.29) is 11.8 Å². The Morgan fingerprint density at radius 2 is 1.91 bits per heavy atom. The van der Waals surface area contributed by atoms with Gasteiger partial charge in [-0.05, 0) is 18.9 Å². The van der Waals surface area contributed by atoms with Gasteiger partial charge in [0.2, 0.25) is 5.91 Å². The van der Waals surface area contributed by atoms with Crippen molar-refractivity contribution in [1.29, 1.82) is 0 Å². The van der Waals surface area contributed by atoms with Crippen LogP contribution >= 0.6 is 34.5 Å². The first-order chi connectivity index (χ1) is 10.5. The summed E-state index contributed by atoms with van der Waals surface area (Å²) in [6, 6.07) is 2.01. The minimum absolute atomic E-state index is 0.0786. The Labute approximate surface area is 143 Å². The maximum atomic E-state index is 12.4. The number of hydrogen-bond acceptors (Lipinski definition) is 4. The Kier molecular flexibility index (Phi) is 4.92. The summed E-state index contributed by atoms with van der Waals surface area (Å²) in [5.41, 5.74) is 0.469. The van der Waals surface area contributed by atoms with Crippen LogP contribution in [0.4, 0.5) is 0 Å². The van der Waals surface area contributed by atoms with E-state index >= 15 is 0 Å². The minimum atomic E-state index is -0.0877. The predicted octanol–water partition coefficient (Wildman–Crippen LogP) is 2.09. The van der Waals surface area contributed by atoms with Crippen molar-refractivity contribution in [2.45, 2.75) is 18.9 Å². The van der Waals surface area contributed by atoms with Crippen molar-refractivity contribution in [2.24, 2.45) is 0 Å². The average Bonchev–Trinajstić information content (AvgIpc) is 3.22. The van der Waals surface area contributed by atoms with Crippen LogP contribution in [0.5, 0.6) is 0 Å². The smallest absolute Gasteiger partial charge is 0.256 e. The third-order valence-corrected chi connectivity index (χ3v) is 5.34. The molecule has 120 valence electrons. The van der Waals surface area contributed by atoms with Gasteiger partial charge in [0, 0.05) is 32.2 Å². The number of carbonyl (C=O) groups excluding carboxylic acids is 2. The number of rotatable bonds is 4. The largest absolute Gasteiger partial charge is 0.352 e. The number of amides is 2. The molecule has 2 fully saturated rings. The van der Waals surface area contributed by atoms with E-state index in [9.17, 15) is 9.59 Å². The Hall–Kier alpha value is -0.820. The van der Waals surface area contributed by atoms with Gasteiger partial charge in [0.05, 0.1) is 16.4 Å². The predicted molar refractivity (Wildman–Crippen MR) is 87.8 cm³/mol. The van der Waals surface area contributed by atoms with Crippen molar-refractivity contribution in [2.75, 3.05) is 32.7 Å². The SMILES string of the molecule is O=C(CN1CCN(C(=O)c2cc(Cl)sc2Cl)CC1)NC1CC1. The maximum absolute atomic E-state index is 12.4. The first kappa shape index (κ1) is 16.1. The van der Waals surface area contributed by atoms with Crippen LogP contribution < -0.4 is 5.32 Å². The van der Waals surface area contributed by atoms with Crippen LogP contribution in [0.25, 0.3) is 0 Å². The number of halogens is 2. The molecule has 1 saturated heterocycles. The van der Waals surface area contributed by atoms with Crippen molar-refractivity contribution in [3.05, 3.63) is 20.3 Å². The monoisotopic (exact) mass is 361 g/mol. The van der Waals surface area contributed by atoms with Gasteiger partial charge in [0.25, 0.3) is 5.91 Å². The zero-order valence-electron chi connectivity index (χ0n) is 12.0. The molecular formula is C14H17Cl2N3O2S. The molecule has 0 atom stereocenters. The number of carbonyl (C=O) groups is 2. The molecule has 0 radical (unpaired) electrons. The van der Waals surface area contributed by atoms with Gasteiger partial charge in [-0.25, -0.2) is 0 Å². The molecule has 2 heterocycles. The highest BCUT2D eigenvalue weighted by Crippen LogP contribution is 2.32. The second-order valence-corrected chi connectivity index (χ2v) is 7.93.